The molecule has 2 rings (SSSR count). The number of hydrogen-bond acceptors (Lipinski definition) is 3. The molecule has 1 atom stereocenters. The zero-order valence-corrected chi connectivity index (χ0v) is 13.2. The number of rotatable bonds is 4. The number of halogens is 1. The highest BCUT2D eigenvalue weighted by Crippen LogP contribution is 2.25. The molecule has 108 valence electrons. The Morgan fingerprint density at radius 2 is 2.10 bits per heavy atom. The highest BCUT2D eigenvalue weighted by atomic mass is 79.9. The van der Waals surface area contributed by atoms with Crippen LogP contribution in [0.2, 0.25) is 0 Å². The molecule has 0 aromatic carbocycles. The number of carbonyl (C=O) groups excluding carboxylic acids is 2. The molecule has 1 heterocycles. The van der Waals surface area contributed by atoms with Crippen LogP contribution in [0.25, 0.3) is 0 Å². The SMILES string of the molecule is CC(C=O)N(C(=O)c1cncc(Br)c1)C1CCCCC1. The van der Waals surface area contributed by atoms with Crippen molar-refractivity contribution in [3.8, 4) is 0 Å². The van der Waals surface area contributed by atoms with Crippen molar-refractivity contribution < 1.29 is 9.59 Å². The van der Waals surface area contributed by atoms with Crippen molar-refractivity contribution in [3.63, 3.8) is 0 Å². The fraction of sp³-hybridized carbons (Fsp3) is 0.533. The molecule has 1 aromatic heterocycles. The first kappa shape index (κ1) is 15.2. The summed E-state index contributed by atoms with van der Waals surface area (Å²) in [6.45, 7) is 1.78. The number of nitrogens with zero attached hydrogens (tertiary/aromatic N) is 2. The molecule has 4 nitrogen and oxygen atoms in total. The topological polar surface area (TPSA) is 50.3 Å². The van der Waals surface area contributed by atoms with Crippen LogP contribution in [0.3, 0.4) is 0 Å². The molecule has 5 heteroatoms. The monoisotopic (exact) mass is 338 g/mol. The van der Waals surface area contributed by atoms with E-state index in [-0.39, 0.29) is 11.9 Å². The quantitative estimate of drug-likeness (QED) is 0.792. The molecule has 0 bridgehead atoms. The van der Waals surface area contributed by atoms with Crippen LogP contribution >= 0.6 is 15.9 Å². The van der Waals surface area contributed by atoms with Gasteiger partial charge in [-0.15, -0.1) is 0 Å². The van der Waals surface area contributed by atoms with Crippen molar-refractivity contribution >= 4 is 28.1 Å². The molecular formula is C15H19BrN2O2. The Bertz CT molecular complexity index is 487. The van der Waals surface area contributed by atoms with E-state index in [0.29, 0.717) is 5.56 Å². The minimum absolute atomic E-state index is 0.106. The predicted molar refractivity (Wildman–Crippen MR) is 80.5 cm³/mol. The lowest BCUT2D eigenvalue weighted by Gasteiger charge is -2.36. The van der Waals surface area contributed by atoms with E-state index in [1.807, 2.05) is 0 Å². The van der Waals surface area contributed by atoms with Gasteiger partial charge in [-0.1, -0.05) is 19.3 Å². The Morgan fingerprint density at radius 1 is 1.40 bits per heavy atom. The van der Waals surface area contributed by atoms with Crippen molar-refractivity contribution in [1.29, 1.82) is 0 Å². The van der Waals surface area contributed by atoms with Crippen LogP contribution in [0.4, 0.5) is 0 Å². The molecule has 0 spiro atoms. The molecule has 1 aliphatic carbocycles. The summed E-state index contributed by atoms with van der Waals surface area (Å²) >= 11 is 3.33. The van der Waals surface area contributed by atoms with Gasteiger partial charge < -0.3 is 9.69 Å². The van der Waals surface area contributed by atoms with E-state index in [9.17, 15) is 9.59 Å². The second-order valence-electron chi connectivity index (χ2n) is 5.27. The first-order valence-electron chi connectivity index (χ1n) is 7.02. The van der Waals surface area contributed by atoms with E-state index in [0.717, 1.165) is 36.4 Å². The van der Waals surface area contributed by atoms with E-state index < -0.39 is 6.04 Å². The van der Waals surface area contributed by atoms with Gasteiger partial charge in [-0.25, -0.2) is 0 Å². The highest BCUT2D eigenvalue weighted by molar-refractivity contribution is 9.10. The van der Waals surface area contributed by atoms with E-state index in [2.05, 4.69) is 20.9 Å². The fourth-order valence-electron chi connectivity index (χ4n) is 2.79. The third kappa shape index (κ3) is 3.45. The summed E-state index contributed by atoms with van der Waals surface area (Å²) in [6.07, 6.45) is 9.46. The van der Waals surface area contributed by atoms with Gasteiger partial charge in [0.25, 0.3) is 5.91 Å². The largest absolute Gasteiger partial charge is 0.326 e. The van der Waals surface area contributed by atoms with Crippen LogP contribution < -0.4 is 0 Å². The van der Waals surface area contributed by atoms with Gasteiger partial charge in [0.15, 0.2) is 0 Å². The lowest BCUT2D eigenvalue weighted by molar-refractivity contribution is -0.112. The first-order chi connectivity index (χ1) is 9.63. The molecule has 0 aliphatic heterocycles. The van der Waals surface area contributed by atoms with Gasteiger partial charge in [-0.2, -0.15) is 0 Å². The van der Waals surface area contributed by atoms with Crippen LogP contribution in [0.5, 0.6) is 0 Å². The number of aromatic nitrogens is 1. The summed E-state index contributed by atoms with van der Waals surface area (Å²) in [5.41, 5.74) is 0.527. The van der Waals surface area contributed by atoms with Gasteiger partial charge in [0.2, 0.25) is 0 Å². The maximum absolute atomic E-state index is 12.7. The van der Waals surface area contributed by atoms with Gasteiger partial charge in [-0.05, 0) is 41.8 Å². The van der Waals surface area contributed by atoms with E-state index in [1.54, 1.807) is 30.3 Å². The minimum Gasteiger partial charge on any atom is -0.326 e. The van der Waals surface area contributed by atoms with E-state index in [4.69, 9.17) is 0 Å². The lowest BCUT2D eigenvalue weighted by atomic mass is 9.93. The van der Waals surface area contributed by atoms with E-state index in [1.165, 1.54) is 6.42 Å². The molecule has 1 unspecified atom stereocenters. The Morgan fingerprint density at radius 3 is 2.70 bits per heavy atom. The minimum atomic E-state index is -0.399. The second-order valence-corrected chi connectivity index (χ2v) is 6.19. The maximum atomic E-state index is 12.7. The van der Waals surface area contributed by atoms with Gasteiger partial charge >= 0.3 is 0 Å². The van der Waals surface area contributed by atoms with Crippen LogP contribution in [-0.2, 0) is 4.79 Å². The first-order valence-corrected chi connectivity index (χ1v) is 7.81. The summed E-state index contributed by atoms with van der Waals surface area (Å²) in [4.78, 5) is 29.6. The average molecular weight is 339 g/mol. The van der Waals surface area contributed by atoms with E-state index >= 15 is 0 Å². The molecule has 1 amide bonds. The summed E-state index contributed by atoms with van der Waals surface area (Å²) in [7, 11) is 0. The molecule has 1 aromatic rings. The van der Waals surface area contributed by atoms with Crippen molar-refractivity contribution in [2.24, 2.45) is 0 Å². The van der Waals surface area contributed by atoms with Gasteiger partial charge in [-0.3, -0.25) is 9.78 Å². The number of amides is 1. The average Bonchev–Trinajstić information content (AvgIpc) is 2.48. The number of pyridine rings is 1. The second kappa shape index (κ2) is 6.97. The standard InChI is InChI=1S/C15H19BrN2O2/c1-11(10-19)18(14-5-3-2-4-6-14)15(20)12-7-13(16)9-17-8-12/h7-11,14H,2-6H2,1H3. The van der Waals surface area contributed by atoms with Crippen molar-refractivity contribution in [2.75, 3.05) is 0 Å². The molecule has 0 N–H and O–H groups in total. The third-order valence-corrected chi connectivity index (χ3v) is 4.22. The number of hydrogen-bond donors (Lipinski definition) is 0. The smallest absolute Gasteiger partial charge is 0.256 e. The molecule has 0 radical (unpaired) electrons. The molecule has 20 heavy (non-hydrogen) atoms. The Hall–Kier alpha value is -1.23. The molecule has 1 fully saturated rings. The third-order valence-electron chi connectivity index (χ3n) is 3.79. The van der Waals surface area contributed by atoms with Gasteiger partial charge in [0.05, 0.1) is 11.6 Å². The van der Waals surface area contributed by atoms with Crippen LogP contribution in [0, 0.1) is 0 Å². The normalized spacial score (nSPS) is 17.5. The molecular weight excluding hydrogens is 320 g/mol. The molecule has 1 saturated carbocycles. The maximum Gasteiger partial charge on any atom is 0.256 e. The summed E-state index contributed by atoms with van der Waals surface area (Å²) < 4.78 is 0.769. The summed E-state index contributed by atoms with van der Waals surface area (Å²) in [5.74, 6) is -0.106. The Balaban J connectivity index is 2.25. The summed E-state index contributed by atoms with van der Waals surface area (Å²) in [6, 6.07) is 1.52. The zero-order chi connectivity index (χ0) is 14.5. The van der Waals surface area contributed by atoms with Crippen molar-refractivity contribution in [2.45, 2.75) is 51.1 Å². The molecule has 0 saturated heterocycles. The molecule has 1 aliphatic rings. The van der Waals surface area contributed by atoms with Gasteiger partial charge in [0.1, 0.15) is 6.29 Å². The lowest BCUT2D eigenvalue weighted by Crippen LogP contribution is -2.47. The predicted octanol–water partition coefficient (Wildman–Crippen LogP) is 3.21. The number of carbonyl (C=O) groups is 2. The van der Waals surface area contributed by atoms with Gasteiger partial charge in [0, 0.05) is 22.9 Å². The van der Waals surface area contributed by atoms with Crippen molar-refractivity contribution in [3.05, 3.63) is 28.5 Å². The highest BCUT2D eigenvalue weighted by Gasteiger charge is 2.30. The Labute approximate surface area is 127 Å². The van der Waals surface area contributed by atoms with Crippen LogP contribution in [0.1, 0.15) is 49.4 Å². The number of aldehydes is 1. The fourth-order valence-corrected chi connectivity index (χ4v) is 3.15. The van der Waals surface area contributed by atoms with Crippen molar-refractivity contribution in [1.82, 2.24) is 9.88 Å². The van der Waals surface area contributed by atoms with Crippen LogP contribution in [0.15, 0.2) is 22.9 Å². The van der Waals surface area contributed by atoms with Crippen LogP contribution in [-0.4, -0.2) is 34.2 Å². The zero-order valence-electron chi connectivity index (χ0n) is 11.6. The Kier molecular flexibility index (Phi) is 5.29. The summed E-state index contributed by atoms with van der Waals surface area (Å²) in [5, 5.41) is 0.